The minimum Gasteiger partial charge on any atom is -0.505 e. The first-order chi connectivity index (χ1) is 19.7. The van der Waals surface area contributed by atoms with Crippen LogP contribution >= 0.6 is 11.3 Å². The molecule has 0 saturated heterocycles. The Bertz CT molecular complexity index is 1540. The predicted octanol–water partition coefficient (Wildman–Crippen LogP) is -0.429. The molecule has 0 radical (unpaired) electrons. The van der Waals surface area contributed by atoms with Gasteiger partial charge in [-0.25, -0.2) is 4.98 Å². The van der Waals surface area contributed by atoms with Gasteiger partial charge in [-0.3, -0.25) is 33.7 Å². The van der Waals surface area contributed by atoms with E-state index >= 15 is 0 Å². The van der Waals surface area contributed by atoms with Gasteiger partial charge in [0.05, 0.1) is 29.6 Å². The van der Waals surface area contributed by atoms with Crippen LogP contribution in [0.25, 0.3) is 0 Å². The molecule has 2 fully saturated rings. The van der Waals surface area contributed by atoms with E-state index in [1.165, 1.54) is 36.4 Å². The zero-order valence-electron chi connectivity index (χ0n) is 23.4. The van der Waals surface area contributed by atoms with Crippen LogP contribution in [0.15, 0.2) is 17.6 Å². The third kappa shape index (κ3) is 4.32. The van der Waals surface area contributed by atoms with Crippen LogP contribution in [0.5, 0.6) is 5.75 Å². The first-order valence-electron chi connectivity index (χ1n) is 13.3. The minimum atomic E-state index is -2.81. The Hall–Kier alpha value is -4.01. The maximum Gasteiger partial charge on any atom is 0.235 e. The van der Waals surface area contributed by atoms with Gasteiger partial charge in [-0.05, 0) is 44.5 Å². The molecule has 0 bridgehead atoms. The zero-order valence-corrected chi connectivity index (χ0v) is 24.2. The highest BCUT2D eigenvalue weighted by molar-refractivity contribution is 7.09. The van der Waals surface area contributed by atoms with Crippen LogP contribution in [0, 0.1) is 23.7 Å². The number of fused-ring (bicyclic) bond motifs is 3. The molecule has 14 heteroatoms. The number of phenols is 1. The second-order valence-corrected chi connectivity index (χ2v) is 12.5. The van der Waals surface area contributed by atoms with E-state index in [-0.39, 0.29) is 30.5 Å². The molecule has 6 atom stereocenters. The summed E-state index contributed by atoms with van der Waals surface area (Å²) in [5.74, 6) is -11.9. The Morgan fingerprint density at radius 1 is 1.17 bits per heavy atom. The molecule has 1 aromatic heterocycles. The van der Waals surface area contributed by atoms with Crippen LogP contribution in [0.4, 0.5) is 11.4 Å². The topological polar surface area (TPSA) is 200 Å². The van der Waals surface area contributed by atoms with Crippen molar-refractivity contribution in [1.82, 2.24) is 9.88 Å². The van der Waals surface area contributed by atoms with Crippen molar-refractivity contribution in [2.75, 3.05) is 38.4 Å². The van der Waals surface area contributed by atoms with E-state index in [1.807, 2.05) is 0 Å². The molecule has 3 aliphatic carbocycles. The number of rotatable bonds is 6. The Morgan fingerprint density at radius 3 is 2.43 bits per heavy atom. The van der Waals surface area contributed by atoms with Crippen LogP contribution in [-0.2, 0) is 36.8 Å². The lowest BCUT2D eigenvalue weighted by Gasteiger charge is -2.52. The Labute approximate surface area is 244 Å². The number of aromatic hydroxyl groups is 1. The molecule has 0 spiro atoms. The van der Waals surface area contributed by atoms with Crippen LogP contribution in [0.1, 0.15) is 27.3 Å². The number of benzene rings is 1. The molecule has 42 heavy (non-hydrogen) atoms. The lowest BCUT2D eigenvalue weighted by molar-refractivity contribution is -0.181. The third-order valence-electron chi connectivity index (χ3n) is 8.59. The molecule has 13 nitrogen and oxygen atoms in total. The lowest BCUT2D eigenvalue weighted by atomic mass is 9.52. The number of hydrogen-bond donors (Lipinski definition) is 4. The summed E-state index contributed by atoms with van der Waals surface area (Å²) in [6, 6.07) is 0.361. The minimum absolute atomic E-state index is 0.0496. The largest absolute Gasteiger partial charge is 0.505 e. The van der Waals surface area contributed by atoms with Crippen molar-refractivity contribution in [3.05, 3.63) is 33.8 Å². The number of thiazole rings is 1. The van der Waals surface area contributed by atoms with E-state index in [0.717, 1.165) is 0 Å². The van der Waals surface area contributed by atoms with Gasteiger partial charge < -0.3 is 26.2 Å². The molecule has 2 aromatic rings. The van der Waals surface area contributed by atoms with Crippen molar-refractivity contribution in [2.45, 2.75) is 30.9 Å². The van der Waals surface area contributed by atoms with E-state index in [0.29, 0.717) is 16.3 Å². The molecule has 4 unspecified atom stereocenters. The average molecular weight is 598 g/mol. The maximum absolute atomic E-state index is 14.1. The number of amides is 2. The van der Waals surface area contributed by atoms with Crippen molar-refractivity contribution in [3.63, 3.8) is 0 Å². The number of primary amides is 1. The third-order valence-corrected chi connectivity index (χ3v) is 9.37. The summed E-state index contributed by atoms with van der Waals surface area (Å²) in [4.78, 5) is 86.8. The van der Waals surface area contributed by atoms with Crippen LogP contribution < -0.4 is 16.0 Å². The number of ketones is 4. The molecule has 2 amide bonds. The summed E-state index contributed by atoms with van der Waals surface area (Å²) in [5.41, 5.74) is 3.25. The first kappa shape index (κ1) is 29.5. The first-order valence-corrected chi connectivity index (χ1v) is 14.2. The lowest BCUT2D eigenvalue weighted by Crippen LogP contribution is -2.74. The van der Waals surface area contributed by atoms with Gasteiger partial charge in [-0.1, -0.05) is 0 Å². The second-order valence-electron chi connectivity index (χ2n) is 11.5. The summed E-state index contributed by atoms with van der Waals surface area (Å²) in [6.45, 7) is 0. The molecule has 3 aliphatic rings. The van der Waals surface area contributed by atoms with Crippen LogP contribution in [0.3, 0.4) is 0 Å². The SMILES string of the molecule is CN(C)c1cc(NC(=O)Cc2nccs2)c(O)c2c1CC1CC3[C@H](N(C)C)C(=O)C(C(N)=O)C(=O)[C@@]3(O)C(=O)C1C2=O. The summed E-state index contributed by atoms with van der Waals surface area (Å²) >= 11 is 1.28. The van der Waals surface area contributed by atoms with Crippen molar-refractivity contribution >= 4 is 57.7 Å². The summed E-state index contributed by atoms with van der Waals surface area (Å²) < 4.78 is 0. The van der Waals surface area contributed by atoms with Gasteiger partial charge in [0.15, 0.2) is 34.7 Å². The number of anilines is 2. The van der Waals surface area contributed by atoms with Gasteiger partial charge in [0.2, 0.25) is 11.8 Å². The van der Waals surface area contributed by atoms with Crippen molar-refractivity contribution in [2.24, 2.45) is 29.4 Å². The number of carbonyl (C=O) groups excluding carboxylic acids is 6. The average Bonchev–Trinajstić information content (AvgIpc) is 3.40. The highest BCUT2D eigenvalue weighted by atomic mass is 32.1. The number of carbonyl (C=O) groups is 6. The van der Waals surface area contributed by atoms with E-state index < -0.39 is 76.0 Å². The van der Waals surface area contributed by atoms with Gasteiger partial charge >= 0.3 is 0 Å². The van der Waals surface area contributed by atoms with Crippen LogP contribution in [0.2, 0.25) is 0 Å². The molecule has 1 heterocycles. The number of likely N-dealkylation sites (N-methyl/N-ethyl adjacent to an activating group) is 1. The van der Waals surface area contributed by atoms with Gasteiger partial charge in [0.1, 0.15) is 10.8 Å². The van der Waals surface area contributed by atoms with Gasteiger partial charge in [-0.2, -0.15) is 0 Å². The van der Waals surface area contributed by atoms with E-state index in [2.05, 4.69) is 10.3 Å². The number of hydrogen-bond acceptors (Lipinski definition) is 12. The predicted molar refractivity (Wildman–Crippen MR) is 150 cm³/mol. The summed E-state index contributed by atoms with van der Waals surface area (Å²) in [6.07, 6.45) is 1.55. The zero-order chi connectivity index (χ0) is 30.8. The number of aliphatic hydroxyl groups is 1. The van der Waals surface area contributed by atoms with Crippen LogP contribution in [-0.4, -0.2) is 94.9 Å². The summed E-state index contributed by atoms with van der Waals surface area (Å²) in [7, 11) is 6.50. The fraction of sp³-hybridized carbons (Fsp3) is 0.464. The molecular weight excluding hydrogens is 566 g/mol. The highest BCUT2D eigenvalue weighted by Crippen LogP contribution is 2.52. The number of nitrogens with zero attached hydrogens (tertiary/aromatic N) is 3. The molecular formula is C28H31N5O8S. The second kappa shape index (κ2) is 10.4. The quantitative estimate of drug-likeness (QED) is 0.249. The van der Waals surface area contributed by atoms with Crippen molar-refractivity contribution < 1.29 is 39.0 Å². The van der Waals surface area contributed by atoms with E-state index in [4.69, 9.17) is 5.73 Å². The maximum atomic E-state index is 14.1. The van der Waals surface area contributed by atoms with E-state index in [1.54, 1.807) is 30.6 Å². The Morgan fingerprint density at radius 2 is 1.86 bits per heavy atom. The number of nitrogens with one attached hydrogen (secondary N) is 1. The standard InChI is InChI=1S/C28H31N5O8S/c1-32(2)15-9-14(31-16(34)10-17-30-5-6-42-17)22(35)19-12(15)7-11-8-13-21(33(3)4)24(37)20(27(29)40)26(39)28(13,41)25(38)18(11)23(19)36/h5-6,9,11,13,18,20-21,35,41H,7-8,10H2,1-4H3,(H2,29,40)(H,31,34)/t11?,13?,18?,20?,21-,28-/m0/s1. The fourth-order valence-corrected chi connectivity index (χ4v) is 7.43. The smallest absolute Gasteiger partial charge is 0.235 e. The Balaban J connectivity index is 1.59. The molecule has 5 N–H and O–H groups in total. The molecule has 5 rings (SSSR count). The Kier molecular flexibility index (Phi) is 7.28. The molecule has 1 aromatic carbocycles. The summed E-state index contributed by atoms with van der Waals surface area (Å²) in [5, 5.41) is 27.9. The highest BCUT2D eigenvalue weighted by Gasteiger charge is 2.69. The number of aromatic nitrogens is 1. The number of Topliss-reactive ketones (excluding diaryl/α,β-unsaturated/α-hetero) is 4. The number of nitrogens with two attached hydrogens (primary N) is 1. The van der Waals surface area contributed by atoms with Crippen molar-refractivity contribution in [1.29, 1.82) is 0 Å². The molecule has 0 aliphatic heterocycles. The van der Waals surface area contributed by atoms with Crippen molar-refractivity contribution in [3.8, 4) is 5.75 Å². The molecule has 222 valence electrons. The number of phenolic OH excluding ortho intramolecular Hbond substituents is 1. The van der Waals surface area contributed by atoms with Gasteiger partial charge in [0, 0.05) is 37.3 Å². The normalized spacial score (nSPS) is 28.7. The molecule has 2 saturated carbocycles. The fourth-order valence-electron chi connectivity index (χ4n) is 6.82. The van der Waals surface area contributed by atoms with Gasteiger partial charge in [0.25, 0.3) is 0 Å². The van der Waals surface area contributed by atoms with E-state index in [9.17, 15) is 39.0 Å². The monoisotopic (exact) mass is 597 g/mol. The van der Waals surface area contributed by atoms with Gasteiger partial charge in [-0.15, -0.1) is 11.3 Å².